The minimum absolute atomic E-state index is 0.174. The summed E-state index contributed by atoms with van der Waals surface area (Å²) in [6, 6.07) is 19.3. The number of ether oxygens (including phenoxy) is 2. The molecule has 35 heavy (non-hydrogen) atoms. The van der Waals surface area contributed by atoms with Crippen LogP contribution in [0.15, 0.2) is 76.2 Å². The summed E-state index contributed by atoms with van der Waals surface area (Å²) in [5.41, 5.74) is 7.04. The van der Waals surface area contributed by atoms with E-state index in [0.29, 0.717) is 23.3 Å². The van der Waals surface area contributed by atoms with Crippen molar-refractivity contribution in [1.82, 2.24) is 0 Å². The molecule has 5 rings (SSSR count). The Kier molecular flexibility index (Phi) is 6.66. The summed E-state index contributed by atoms with van der Waals surface area (Å²) < 4.78 is 11.8. The number of methoxy groups -OCH3 is 1. The molecule has 0 saturated carbocycles. The highest BCUT2D eigenvalue weighted by Gasteiger charge is 2.37. The summed E-state index contributed by atoms with van der Waals surface area (Å²) in [4.78, 5) is 4.68. The molecule has 0 spiro atoms. The van der Waals surface area contributed by atoms with Crippen LogP contribution in [0, 0.1) is 25.2 Å². The minimum atomic E-state index is 0.174. The predicted octanol–water partition coefficient (Wildman–Crippen LogP) is 7.36. The number of nitrogens with one attached hydrogen (secondary N) is 1. The molecule has 1 aliphatic heterocycles. The number of aliphatic imine (C=N–C) groups is 1. The number of terminal acetylenes is 1. The third-order valence-corrected chi connectivity index (χ3v) is 7.27. The molecule has 1 heterocycles. The molecule has 0 aromatic heterocycles. The molecule has 0 amide bonds. The van der Waals surface area contributed by atoms with Gasteiger partial charge in [-0.15, -0.1) is 6.42 Å². The van der Waals surface area contributed by atoms with E-state index in [1.165, 1.54) is 22.4 Å². The third kappa shape index (κ3) is 4.72. The number of halogens is 1. The van der Waals surface area contributed by atoms with Gasteiger partial charge in [0, 0.05) is 17.8 Å². The number of allylic oxidation sites excluding steroid dienone is 2. The van der Waals surface area contributed by atoms with Gasteiger partial charge in [-0.05, 0) is 82.2 Å². The Morgan fingerprint density at radius 2 is 2.00 bits per heavy atom. The molecule has 2 aliphatic rings. The fraction of sp³-hybridized carbons (Fsp3) is 0.233. The maximum Gasteiger partial charge on any atom is 0.176 e. The first-order valence-corrected chi connectivity index (χ1v) is 12.5. The fourth-order valence-corrected chi connectivity index (χ4v) is 5.60. The van der Waals surface area contributed by atoms with Crippen molar-refractivity contribution in [2.75, 3.05) is 19.0 Å². The lowest BCUT2D eigenvalue weighted by molar-refractivity contribution is 0.329. The highest BCUT2D eigenvalue weighted by molar-refractivity contribution is 9.10. The summed E-state index contributed by atoms with van der Waals surface area (Å²) >= 11 is 3.54. The van der Waals surface area contributed by atoms with E-state index in [0.717, 1.165) is 22.1 Å². The zero-order chi connectivity index (χ0) is 24.4. The average molecular weight is 527 g/mol. The van der Waals surface area contributed by atoms with Crippen molar-refractivity contribution in [3.63, 3.8) is 0 Å². The Morgan fingerprint density at radius 3 is 2.77 bits per heavy atom. The van der Waals surface area contributed by atoms with Gasteiger partial charge in [-0.1, -0.05) is 47.9 Å². The first kappa shape index (κ1) is 23.3. The molecule has 0 saturated heterocycles. The molecule has 0 fully saturated rings. The number of aryl methyl sites for hydroxylation is 1. The van der Waals surface area contributed by atoms with E-state index in [9.17, 15) is 0 Å². The zero-order valence-corrected chi connectivity index (χ0v) is 21.4. The van der Waals surface area contributed by atoms with Gasteiger partial charge >= 0.3 is 0 Å². The third-order valence-electron chi connectivity index (χ3n) is 6.68. The second kappa shape index (κ2) is 10.0. The highest BCUT2D eigenvalue weighted by atomic mass is 79.9. The SMILES string of the molecule is C#CCOc1c(Br)cc(C=Nc2ccc([C@@H]3Nc4ccc(C)cc4[C@H]4C=CC[C@@H]43)cc2)cc1OC. The topological polar surface area (TPSA) is 42.8 Å². The number of rotatable bonds is 6. The Morgan fingerprint density at radius 1 is 1.17 bits per heavy atom. The lowest BCUT2D eigenvalue weighted by Gasteiger charge is -2.37. The van der Waals surface area contributed by atoms with Crippen LogP contribution in [0.5, 0.6) is 11.5 Å². The van der Waals surface area contributed by atoms with Crippen molar-refractivity contribution in [2.24, 2.45) is 10.9 Å². The Bertz CT molecular complexity index is 1340. The van der Waals surface area contributed by atoms with Crippen molar-refractivity contribution >= 4 is 33.5 Å². The molecule has 0 unspecified atom stereocenters. The van der Waals surface area contributed by atoms with E-state index in [4.69, 9.17) is 15.9 Å². The van der Waals surface area contributed by atoms with Crippen LogP contribution in [0.3, 0.4) is 0 Å². The van der Waals surface area contributed by atoms with E-state index in [1.807, 2.05) is 18.3 Å². The molecule has 3 aromatic rings. The summed E-state index contributed by atoms with van der Waals surface area (Å²) in [6.45, 7) is 2.34. The molecule has 1 aliphatic carbocycles. The number of hydrogen-bond donors (Lipinski definition) is 1. The molecular weight excluding hydrogens is 500 g/mol. The van der Waals surface area contributed by atoms with Crippen molar-refractivity contribution < 1.29 is 9.47 Å². The molecule has 3 atom stereocenters. The molecule has 0 radical (unpaired) electrons. The second-order valence-electron chi connectivity index (χ2n) is 8.94. The largest absolute Gasteiger partial charge is 0.493 e. The van der Waals surface area contributed by atoms with E-state index in [1.54, 1.807) is 7.11 Å². The molecule has 4 nitrogen and oxygen atoms in total. The molecule has 176 valence electrons. The van der Waals surface area contributed by atoms with Gasteiger partial charge in [0.05, 0.1) is 23.3 Å². The molecule has 5 heteroatoms. The Hall–Kier alpha value is -3.49. The van der Waals surface area contributed by atoms with Gasteiger partial charge in [-0.3, -0.25) is 4.99 Å². The van der Waals surface area contributed by atoms with Gasteiger partial charge in [-0.25, -0.2) is 0 Å². The average Bonchev–Trinajstić information content (AvgIpc) is 3.37. The number of nitrogens with zero attached hydrogens (tertiary/aromatic N) is 1. The monoisotopic (exact) mass is 526 g/mol. The number of hydrogen-bond acceptors (Lipinski definition) is 4. The molecular formula is C30H27BrN2O2. The number of benzene rings is 3. The van der Waals surface area contributed by atoms with Crippen LogP contribution in [0.1, 0.15) is 40.6 Å². The lowest BCUT2D eigenvalue weighted by atomic mass is 9.76. The van der Waals surface area contributed by atoms with Gasteiger partial charge in [0.2, 0.25) is 0 Å². The zero-order valence-electron chi connectivity index (χ0n) is 19.8. The fourth-order valence-electron chi connectivity index (χ4n) is 5.03. The van der Waals surface area contributed by atoms with Gasteiger partial charge in [-0.2, -0.15) is 0 Å². The van der Waals surface area contributed by atoms with Crippen LogP contribution >= 0.6 is 15.9 Å². The summed E-state index contributed by atoms with van der Waals surface area (Å²) in [5.74, 6) is 4.65. The van der Waals surface area contributed by atoms with Crippen LogP contribution < -0.4 is 14.8 Å². The first-order chi connectivity index (χ1) is 17.1. The Balaban J connectivity index is 1.35. The minimum Gasteiger partial charge on any atom is -0.493 e. The van der Waals surface area contributed by atoms with E-state index in [-0.39, 0.29) is 12.6 Å². The van der Waals surface area contributed by atoms with Gasteiger partial charge in [0.15, 0.2) is 11.5 Å². The van der Waals surface area contributed by atoms with Gasteiger partial charge < -0.3 is 14.8 Å². The number of fused-ring (bicyclic) bond motifs is 3. The smallest absolute Gasteiger partial charge is 0.176 e. The van der Waals surface area contributed by atoms with Crippen molar-refractivity contribution in [2.45, 2.75) is 25.3 Å². The lowest BCUT2D eigenvalue weighted by Crippen LogP contribution is -2.29. The standard InChI is InChI=1S/C30H27BrN2O2/c1-4-14-35-30-26(31)16-20(17-28(30)34-3)18-32-22-11-9-21(10-12-22)29-24-7-5-6-23(24)25-15-19(2)8-13-27(25)33-29/h1,5-6,8-13,15-18,23-24,29,33H,7,14H2,2-3H3/t23-,24-,29-/m0/s1. The van der Waals surface area contributed by atoms with Gasteiger partial charge in [0.25, 0.3) is 0 Å². The maximum absolute atomic E-state index is 5.59. The van der Waals surface area contributed by atoms with Crippen molar-refractivity contribution in [3.05, 3.63) is 93.5 Å². The van der Waals surface area contributed by atoms with Crippen molar-refractivity contribution in [1.29, 1.82) is 0 Å². The summed E-state index contributed by atoms with van der Waals surface area (Å²) in [6.07, 6.45) is 12.9. The maximum atomic E-state index is 5.59. The van der Waals surface area contributed by atoms with Crippen LogP contribution in [0.25, 0.3) is 0 Å². The molecule has 1 N–H and O–H groups in total. The Labute approximate surface area is 215 Å². The van der Waals surface area contributed by atoms with Crippen LogP contribution in [0.4, 0.5) is 11.4 Å². The van der Waals surface area contributed by atoms with Crippen LogP contribution in [-0.4, -0.2) is 19.9 Å². The number of anilines is 1. The first-order valence-electron chi connectivity index (χ1n) is 11.7. The normalized spacial score (nSPS) is 20.1. The molecule has 3 aromatic carbocycles. The summed E-state index contributed by atoms with van der Waals surface area (Å²) in [7, 11) is 1.60. The van der Waals surface area contributed by atoms with Crippen LogP contribution in [0.2, 0.25) is 0 Å². The van der Waals surface area contributed by atoms with Gasteiger partial charge in [0.1, 0.15) is 6.61 Å². The second-order valence-corrected chi connectivity index (χ2v) is 9.80. The van der Waals surface area contributed by atoms with E-state index in [2.05, 4.69) is 93.7 Å². The van der Waals surface area contributed by atoms with E-state index >= 15 is 0 Å². The van der Waals surface area contributed by atoms with Crippen molar-refractivity contribution in [3.8, 4) is 23.8 Å². The molecule has 0 bridgehead atoms. The van der Waals surface area contributed by atoms with E-state index < -0.39 is 0 Å². The van der Waals surface area contributed by atoms with Crippen LogP contribution in [-0.2, 0) is 0 Å². The highest BCUT2D eigenvalue weighted by Crippen LogP contribution is 2.50. The predicted molar refractivity (Wildman–Crippen MR) is 146 cm³/mol. The summed E-state index contributed by atoms with van der Waals surface area (Å²) in [5, 5.41) is 3.81. The quantitative estimate of drug-likeness (QED) is 0.207.